The lowest BCUT2D eigenvalue weighted by molar-refractivity contribution is -0.154. The van der Waals surface area contributed by atoms with Gasteiger partial charge < -0.3 is 4.74 Å². The number of esters is 1. The highest BCUT2D eigenvalue weighted by Crippen LogP contribution is 2.20. The molecule has 0 bridgehead atoms. The van der Waals surface area contributed by atoms with Gasteiger partial charge in [-0.1, -0.05) is 6.92 Å². The van der Waals surface area contributed by atoms with Crippen molar-refractivity contribution in [3.63, 3.8) is 0 Å². The van der Waals surface area contributed by atoms with E-state index in [9.17, 15) is 4.79 Å². The van der Waals surface area contributed by atoms with Crippen LogP contribution >= 0.6 is 0 Å². The van der Waals surface area contributed by atoms with Crippen LogP contribution in [0.5, 0.6) is 0 Å². The number of rotatable bonds is 4. The number of nitrogens with one attached hydrogen (secondary N) is 1. The van der Waals surface area contributed by atoms with Gasteiger partial charge in [-0.3, -0.25) is 10.1 Å². The average molecular weight is 159 g/mol. The molecule has 1 N–H and O–H groups in total. The van der Waals surface area contributed by atoms with E-state index in [1.54, 1.807) is 7.05 Å². The van der Waals surface area contributed by atoms with Gasteiger partial charge in [0, 0.05) is 0 Å². The van der Waals surface area contributed by atoms with Crippen LogP contribution < -0.4 is 5.32 Å². The van der Waals surface area contributed by atoms with Gasteiger partial charge in [0.1, 0.15) is 6.73 Å². The van der Waals surface area contributed by atoms with Crippen molar-refractivity contribution in [1.82, 2.24) is 5.32 Å². The molecule has 0 aromatic heterocycles. The SMILES string of the molecule is CCC(C)(C)C(=O)OCNC. The molecule has 0 atom stereocenters. The zero-order valence-corrected chi connectivity index (χ0v) is 7.73. The average Bonchev–Trinajstić information content (AvgIpc) is 2.00. The van der Waals surface area contributed by atoms with E-state index in [0.29, 0.717) is 6.73 Å². The Kier molecular flexibility index (Phi) is 4.11. The molecular weight excluding hydrogens is 142 g/mol. The molecule has 0 aliphatic carbocycles. The highest BCUT2D eigenvalue weighted by atomic mass is 16.5. The van der Waals surface area contributed by atoms with Crippen molar-refractivity contribution < 1.29 is 9.53 Å². The van der Waals surface area contributed by atoms with Crippen molar-refractivity contribution in [1.29, 1.82) is 0 Å². The molecule has 3 nitrogen and oxygen atoms in total. The third-order valence-electron chi connectivity index (χ3n) is 1.78. The van der Waals surface area contributed by atoms with Crippen LogP contribution in [0.1, 0.15) is 27.2 Å². The van der Waals surface area contributed by atoms with Crippen LogP contribution in [0.4, 0.5) is 0 Å². The quantitative estimate of drug-likeness (QED) is 0.494. The van der Waals surface area contributed by atoms with E-state index in [4.69, 9.17) is 4.74 Å². The number of ether oxygens (including phenoxy) is 1. The Labute approximate surface area is 68.1 Å². The van der Waals surface area contributed by atoms with E-state index in [-0.39, 0.29) is 11.4 Å². The second-order valence-corrected chi connectivity index (χ2v) is 3.17. The summed E-state index contributed by atoms with van der Waals surface area (Å²) in [5, 5.41) is 2.75. The molecule has 0 aromatic carbocycles. The van der Waals surface area contributed by atoms with Crippen LogP contribution in [-0.4, -0.2) is 19.7 Å². The highest BCUT2D eigenvalue weighted by molar-refractivity contribution is 5.75. The maximum Gasteiger partial charge on any atom is 0.312 e. The molecule has 0 heterocycles. The summed E-state index contributed by atoms with van der Waals surface area (Å²) in [5.74, 6) is -0.144. The Bertz CT molecular complexity index is 132. The molecule has 0 unspecified atom stereocenters. The first-order valence-electron chi connectivity index (χ1n) is 3.86. The van der Waals surface area contributed by atoms with Crippen LogP contribution in [0.25, 0.3) is 0 Å². The first-order valence-corrected chi connectivity index (χ1v) is 3.86. The molecule has 0 fully saturated rings. The van der Waals surface area contributed by atoms with E-state index < -0.39 is 0 Å². The Balaban J connectivity index is 3.82. The summed E-state index contributed by atoms with van der Waals surface area (Å²) in [6, 6.07) is 0. The number of carbonyl (C=O) groups excluding carboxylic acids is 1. The van der Waals surface area contributed by atoms with E-state index in [2.05, 4.69) is 5.32 Å². The highest BCUT2D eigenvalue weighted by Gasteiger charge is 2.26. The summed E-state index contributed by atoms with van der Waals surface area (Å²) in [6.45, 7) is 6.03. The van der Waals surface area contributed by atoms with Gasteiger partial charge in [-0.05, 0) is 27.3 Å². The molecular formula is C8H17NO2. The summed E-state index contributed by atoms with van der Waals surface area (Å²) in [7, 11) is 1.74. The van der Waals surface area contributed by atoms with Gasteiger partial charge in [-0.25, -0.2) is 0 Å². The summed E-state index contributed by atoms with van der Waals surface area (Å²) in [5.41, 5.74) is -0.350. The maximum absolute atomic E-state index is 11.2. The maximum atomic E-state index is 11.2. The lowest BCUT2D eigenvalue weighted by Gasteiger charge is -2.19. The molecule has 66 valence electrons. The molecule has 0 amide bonds. The predicted octanol–water partition coefficient (Wildman–Crippen LogP) is 1.14. The fourth-order valence-corrected chi connectivity index (χ4v) is 0.477. The minimum atomic E-state index is -0.350. The predicted molar refractivity (Wildman–Crippen MR) is 44.1 cm³/mol. The van der Waals surface area contributed by atoms with Gasteiger partial charge in [-0.15, -0.1) is 0 Å². The Morgan fingerprint density at radius 2 is 2.09 bits per heavy atom. The lowest BCUT2D eigenvalue weighted by Crippen LogP contribution is -2.28. The Morgan fingerprint density at radius 3 is 2.45 bits per heavy atom. The van der Waals surface area contributed by atoms with E-state index in [1.165, 1.54) is 0 Å². The van der Waals surface area contributed by atoms with Crippen molar-refractivity contribution >= 4 is 5.97 Å². The summed E-state index contributed by atoms with van der Waals surface area (Å²) in [6.07, 6.45) is 0.801. The minimum Gasteiger partial charge on any atom is -0.449 e. The normalized spacial score (nSPS) is 11.3. The fraction of sp³-hybridized carbons (Fsp3) is 0.875. The Morgan fingerprint density at radius 1 is 1.55 bits per heavy atom. The van der Waals surface area contributed by atoms with Crippen LogP contribution in [0.2, 0.25) is 0 Å². The molecule has 0 rings (SSSR count). The molecule has 0 aromatic rings. The summed E-state index contributed by atoms with van der Waals surface area (Å²) < 4.78 is 4.90. The van der Waals surface area contributed by atoms with Gasteiger partial charge in [0.25, 0.3) is 0 Å². The fourth-order valence-electron chi connectivity index (χ4n) is 0.477. The van der Waals surface area contributed by atoms with Crippen LogP contribution in [0.3, 0.4) is 0 Å². The zero-order valence-electron chi connectivity index (χ0n) is 7.73. The van der Waals surface area contributed by atoms with Gasteiger partial charge in [-0.2, -0.15) is 0 Å². The summed E-state index contributed by atoms with van der Waals surface area (Å²) in [4.78, 5) is 11.2. The molecule has 0 radical (unpaired) electrons. The minimum absolute atomic E-state index is 0.144. The number of carbonyl (C=O) groups is 1. The number of hydrogen-bond acceptors (Lipinski definition) is 3. The first-order chi connectivity index (χ1) is 5.04. The summed E-state index contributed by atoms with van der Waals surface area (Å²) >= 11 is 0. The van der Waals surface area contributed by atoms with Crippen LogP contribution in [-0.2, 0) is 9.53 Å². The van der Waals surface area contributed by atoms with E-state index in [0.717, 1.165) is 6.42 Å². The monoisotopic (exact) mass is 159 g/mol. The zero-order chi connectivity index (χ0) is 8.91. The molecule has 0 saturated heterocycles. The van der Waals surface area contributed by atoms with E-state index >= 15 is 0 Å². The van der Waals surface area contributed by atoms with Gasteiger partial charge in [0.2, 0.25) is 0 Å². The van der Waals surface area contributed by atoms with Crippen molar-refractivity contribution in [2.24, 2.45) is 5.41 Å². The van der Waals surface area contributed by atoms with Crippen molar-refractivity contribution in [2.75, 3.05) is 13.8 Å². The number of hydrogen-bond donors (Lipinski definition) is 1. The van der Waals surface area contributed by atoms with Crippen molar-refractivity contribution in [3.05, 3.63) is 0 Å². The first kappa shape index (κ1) is 10.4. The van der Waals surface area contributed by atoms with E-state index in [1.807, 2.05) is 20.8 Å². The second kappa shape index (κ2) is 4.34. The van der Waals surface area contributed by atoms with Crippen LogP contribution in [0, 0.1) is 5.41 Å². The smallest absolute Gasteiger partial charge is 0.312 e. The lowest BCUT2D eigenvalue weighted by atomic mass is 9.91. The molecule has 11 heavy (non-hydrogen) atoms. The largest absolute Gasteiger partial charge is 0.449 e. The standard InChI is InChI=1S/C8H17NO2/c1-5-8(2,3)7(10)11-6-9-4/h9H,5-6H2,1-4H3. The molecule has 0 aliphatic rings. The molecule has 0 saturated carbocycles. The third-order valence-corrected chi connectivity index (χ3v) is 1.78. The van der Waals surface area contributed by atoms with Crippen molar-refractivity contribution in [3.8, 4) is 0 Å². The van der Waals surface area contributed by atoms with Gasteiger partial charge in [0.15, 0.2) is 0 Å². The van der Waals surface area contributed by atoms with Crippen molar-refractivity contribution in [2.45, 2.75) is 27.2 Å². The van der Waals surface area contributed by atoms with Crippen LogP contribution in [0.15, 0.2) is 0 Å². The molecule has 3 heteroatoms. The Hall–Kier alpha value is -0.570. The molecule has 0 aliphatic heterocycles. The molecule has 0 spiro atoms. The van der Waals surface area contributed by atoms with Gasteiger partial charge in [0.05, 0.1) is 5.41 Å². The van der Waals surface area contributed by atoms with Gasteiger partial charge >= 0.3 is 5.97 Å². The second-order valence-electron chi connectivity index (χ2n) is 3.17. The third kappa shape index (κ3) is 3.37. The topological polar surface area (TPSA) is 38.3 Å².